The fourth-order valence-electron chi connectivity index (χ4n) is 1.86. The minimum absolute atomic E-state index is 0.454. The Hall–Kier alpha value is -1.79. The predicted octanol–water partition coefficient (Wildman–Crippen LogP) is 0.204. The second-order valence-corrected chi connectivity index (χ2v) is 4.18. The van der Waals surface area contributed by atoms with E-state index >= 15 is 0 Å². The molecule has 0 spiro atoms. The summed E-state index contributed by atoms with van der Waals surface area (Å²) in [4.78, 5) is 4.24. The van der Waals surface area contributed by atoms with E-state index in [0.29, 0.717) is 17.8 Å². The van der Waals surface area contributed by atoms with Crippen LogP contribution >= 0.6 is 0 Å². The minimum atomic E-state index is -1.44. The van der Waals surface area contributed by atoms with Gasteiger partial charge in [0.1, 0.15) is 18.2 Å². The van der Waals surface area contributed by atoms with Crippen LogP contribution in [0, 0.1) is 0 Å². The van der Waals surface area contributed by atoms with Crippen LogP contribution in [-0.2, 0) is 13.0 Å². The molecule has 0 saturated carbocycles. The Labute approximate surface area is 112 Å². The quantitative estimate of drug-likeness (QED) is 0.728. The average molecular weight is 260 g/mol. The van der Waals surface area contributed by atoms with Gasteiger partial charge in [0, 0.05) is 18.8 Å². The number of aromatic nitrogens is 2. The summed E-state index contributed by atoms with van der Waals surface area (Å²) in [6, 6.07) is 6.72. The summed E-state index contributed by atoms with van der Waals surface area (Å²) < 4.78 is 7.66. The largest absolute Gasteiger partial charge is 0.492 e. The van der Waals surface area contributed by atoms with E-state index in [9.17, 15) is 0 Å². The summed E-state index contributed by atoms with van der Waals surface area (Å²) >= 11 is 0. The van der Waals surface area contributed by atoms with Gasteiger partial charge >= 0.3 is 7.12 Å². The highest BCUT2D eigenvalue weighted by Gasteiger charge is 2.09. The van der Waals surface area contributed by atoms with E-state index in [-0.39, 0.29) is 0 Å². The molecule has 0 aliphatic heterocycles. The Morgan fingerprint density at radius 2 is 2.00 bits per heavy atom. The van der Waals surface area contributed by atoms with Gasteiger partial charge in [-0.05, 0) is 17.6 Å². The number of benzene rings is 1. The van der Waals surface area contributed by atoms with Crippen LogP contribution in [-0.4, -0.2) is 33.3 Å². The number of nitrogens with zero attached hydrogens (tertiary/aromatic N) is 2. The molecule has 0 bridgehead atoms. The van der Waals surface area contributed by atoms with Gasteiger partial charge in [-0.25, -0.2) is 4.98 Å². The molecule has 0 saturated heterocycles. The molecule has 2 rings (SSSR count). The van der Waals surface area contributed by atoms with Crippen molar-refractivity contribution in [2.45, 2.75) is 19.9 Å². The lowest BCUT2D eigenvalue weighted by molar-refractivity contribution is 0.296. The maximum absolute atomic E-state index is 8.98. The highest BCUT2D eigenvalue weighted by molar-refractivity contribution is 6.58. The number of hydrogen-bond donors (Lipinski definition) is 2. The fourth-order valence-corrected chi connectivity index (χ4v) is 1.86. The predicted molar refractivity (Wildman–Crippen MR) is 73.4 cm³/mol. The smallest absolute Gasteiger partial charge is 0.488 e. The third kappa shape index (κ3) is 3.59. The van der Waals surface area contributed by atoms with Gasteiger partial charge in [0.05, 0.1) is 6.54 Å². The Morgan fingerprint density at radius 1 is 1.26 bits per heavy atom. The van der Waals surface area contributed by atoms with Crippen LogP contribution in [0.15, 0.2) is 36.7 Å². The second-order valence-electron chi connectivity index (χ2n) is 4.18. The zero-order chi connectivity index (χ0) is 13.7. The number of rotatable bonds is 6. The van der Waals surface area contributed by atoms with Crippen LogP contribution in [0.2, 0.25) is 0 Å². The highest BCUT2D eigenvalue weighted by Crippen LogP contribution is 2.08. The van der Waals surface area contributed by atoms with Crippen molar-refractivity contribution in [2.75, 3.05) is 6.61 Å². The molecule has 1 aromatic carbocycles. The van der Waals surface area contributed by atoms with E-state index in [1.54, 1.807) is 30.5 Å². The second kappa shape index (κ2) is 6.40. The molecule has 1 heterocycles. The first kappa shape index (κ1) is 13.6. The molecule has 2 N–H and O–H groups in total. The molecule has 0 fully saturated rings. The maximum atomic E-state index is 8.98. The van der Waals surface area contributed by atoms with Crippen molar-refractivity contribution in [3.63, 3.8) is 0 Å². The molecule has 0 radical (unpaired) electrons. The number of hydrogen-bond acceptors (Lipinski definition) is 4. The Kier molecular flexibility index (Phi) is 4.60. The van der Waals surface area contributed by atoms with Crippen molar-refractivity contribution < 1.29 is 14.8 Å². The SMILES string of the molecule is CCc1nccn1CCOc1ccc(B(O)O)cc1. The van der Waals surface area contributed by atoms with E-state index in [0.717, 1.165) is 18.8 Å². The number of ether oxygens (including phenoxy) is 1. The number of imidazole rings is 1. The lowest BCUT2D eigenvalue weighted by Gasteiger charge is -2.09. The Bertz CT molecular complexity index is 511. The minimum Gasteiger partial charge on any atom is -0.492 e. The summed E-state index contributed by atoms with van der Waals surface area (Å²) in [7, 11) is -1.44. The van der Waals surface area contributed by atoms with Gasteiger partial charge in [-0.3, -0.25) is 0 Å². The normalized spacial score (nSPS) is 10.5. The van der Waals surface area contributed by atoms with E-state index in [4.69, 9.17) is 14.8 Å². The van der Waals surface area contributed by atoms with Gasteiger partial charge in [-0.15, -0.1) is 0 Å². The van der Waals surface area contributed by atoms with Crippen LogP contribution in [0.25, 0.3) is 0 Å². The Morgan fingerprint density at radius 3 is 2.63 bits per heavy atom. The Balaban J connectivity index is 1.85. The molecule has 0 unspecified atom stereocenters. The first-order valence-corrected chi connectivity index (χ1v) is 6.29. The molecule has 0 amide bonds. The molecule has 19 heavy (non-hydrogen) atoms. The van der Waals surface area contributed by atoms with Crippen molar-refractivity contribution in [3.8, 4) is 5.75 Å². The molecule has 0 aliphatic carbocycles. The topological polar surface area (TPSA) is 67.5 Å². The van der Waals surface area contributed by atoms with Gasteiger partial charge in [0.2, 0.25) is 0 Å². The first-order valence-electron chi connectivity index (χ1n) is 6.29. The van der Waals surface area contributed by atoms with E-state index in [1.165, 1.54) is 0 Å². The van der Waals surface area contributed by atoms with E-state index in [2.05, 4.69) is 16.5 Å². The molecule has 0 atom stereocenters. The van der Waals surface area contributed by atoms with Gasteiger partial charge in [-0.1, -0.05) is 19.1 Å². The fraction of sp³-hybridized carbons (Fsp3) is 0.308. The van der Waals surface area contributed by atoms with Crippen LogP contribution in [0.5, 0.6) is 5.75 Å². The van der Waals surface area contributed by atoms with Gasteiger partial charge < -0.3 is 19.4 Å². The summed E-state index contributed by atoms with van der Waals surface area (Å²) in [5.74, 6) is 1.75. The molecule has 0 aliphatic rings. The van der Waals surface area contributed by atoms with E-state index in [1.807, 2.05) is 6.20 Å². The molecule has 2 aromatic rings. The highest BCUT2D eigenvalue weighted by atomic mass is 16.5. The van der Waals surface area contributed by atoms with Gasteiger partial charge in [0.15, 0.2) is 0 Å². The van der Waals surface area contributed by atoms with Crippen LogP contribution in [0.3, 0.4) is 0 Å². The van der Waals surface area contributed by atoms with Gasteiger partial charge in [-0.2, -0.15) is 0 Å². The van der Waals surface area contributed by atoms with Crippen molar-refractivity contribution in [1.29, 1.82) is 0 Å². The van der Waals surface area contributed by atoms with Crippen molar-refractivity contribution in [3.05, 3.63) is 42.5 Å². The standard InChI is InChI=1S/C13H17BN2O3/c1-2-13-15-7-8-16(13)9-10-19-12-5-3-11(4-6-12)14(17)18/h3-8,17-18H,2,9-10H2,1H3. The molecular formula is C13H17BN2O3. The summed E-state index contributed by atoms with van der Waals surface area (Å²) in [5, 5.41) is 18.0. The van der Waals surface area contributed by atoms with Gasteiger partial charge in [0.25, 0.3) is 0 Å². The molecule has 6 heteroatoms. The summed E-state index contributed by atoms with van der Waals surface area (Å²) in [5.41, 5.74) is 0.454. The molecule has 100 valence electrons. The third-order valence-corrected chi connectivity index (χ3v) is 2.90. The van der Waals surface area contributed by atoms with Crippen LogP contribution in [0.1, 0.15) is 12.7 Å². The lowest BCUT2D eigenvalue weighted by Crippen LogP contribution is -2.29. The lowest BCUT2D eigenvalue weighted by atomic mass is 9.80. The van der Waals surface area contributed by atoms with Crippen molar-refractivity contribution in [2.24, 2.45) is 0 Å². The molecule has 1 aromatic heterocycles. The first-order chi connectivity index (χ1) is 9.20. The summed E-state index contributed by atoms with van der Waals surface area (Å²) in [6.45, 7) is 3.36. The third-order valence-electron chi connectivity index (χ3n) is 2.90. The zero-order valence-electron chi connectivity index (χ0n) is 10.9. The van der Waals surface area contributed by atoms with Crippen LogP contribution < -0.4 is 10.2 Å². The molecule has 5 nitrogen and oxygen atoms in total. The van der Waals surface area contributed by atoms with Crippen molar-refractivity contribution in [1.82, 2.24) is 9.55 Å². The summed E-state index contributed by atoms with van der Waals surface area (Å²) in [6.07, 6.45) is 4.62. The zero-order valence-corrected chi connectivity index (χ0v) is 10.9. The van der Waals surface area contributed by atoms with Crippen molar-refractivity contribution >= 4 is 12.6 Å². The molecular weight excluding hydrogens is 243 g/mol. The number of aryl methyl sites for hydroxylation is 1. The van der Waals surface area contributed by atoms with Crippen LogP contribution in [0.4, 0.5) is 0 Å². The average Bonchev–Trinajstić information content (AvgIpc) is 2.87. The van der Waals surface area contributed by atoms with E-state index < -0.39 is 7.12 Å². The maximum Gasteiger partial charge on any atom is 0.488 e. The monoisotopic (exact) mass is 260 g/mol.